The summed E-state index contributed by atoms with van der Waals surface area (Å²) in [6.07, 6.45) is 0. The van der Waals surface area contributed by atoms with Gasteiger partial charge in [0.15, 0.2) is 5.82 Å². The minimum atomic E-state index is -2.73. The van der Waals surface area contributed by atoms with Crippen LogP contribution in [0.15, 0.2) is 53.7 Å². The second kappa shape index (κ2) is 7.09. The predicted molar refractivity (Wildman–Crippen MR) is 89.1 cm³/mol. The van der Waals surface area contributed by atoms with Crippen LogP contribution < -0.4 is 0 Å². The topological polar surface area (TPSA) is 63.2 Å². The Hall–Kier alpha value is -3.27. The lowest BCUT2D eigenvalue weighted by atomic mass is 10.2. The van der Waals surface area contributed by atoms with Crippen molar-refractivity contribution in [2.24, 2.45) is 5.16 Å². The highest BCUT2D eigenvalue weighted by atomic mass is 19.3. The first-order valence-corrected chi connectivity index (χ1v) is 7.51. The van der Waals surface area contributed by atoms with E-state index in [4.69, 9.17) is 10.1 Å². The smallest absolute Gasteiger partial charge is 0.320 e. The van der Waals surface area contributed by atoms with Gasteiger partial charge in [0.1, 0.15) is 12.3 Å². The molecule has 0 spiro atoms. The van der Waals surface area contributed by atoms with Gasteiger partial charge in [0.25, 0.3) is 0 Å². The van der Waals surface area contributed by atoms with E-state index in [1.54, 1.807) is 55.5 Å². The molecule has 5 nitrogen and oxygen atoms in total. The fraction of sp³-hybridized carbons (Fsp3) is 0.167. The fourth-order valence-electron chi connectivity index (χ4n) is 2.42. The van der Waals surface area contributed by atoms with Crippen molar-refractivity contribution in [3.8, 4) is 6.07 Å². The summed E-state index contributed by atoms with van der Waals surface area (Å²) < 4.78 is 27.7. The highest BCUT2D eigenvalue weighted by molar-refractivity contribution is 5.98. The summed E-state index contributed by atoms with van der Waals surface area (Å²) in [7, 11) is 0. The van der Waals surface area contributed by atoms with Crippen molar-refractivity contribution in [1.29, 1.82) is 5.26 Å². The number of nitriles is 1. The monoisotopic (exact) mass is 340 g/mol. The standard InChI is InChI=1S/C18H14F2N4O/c1-12(23-25-11-14-8-6-13(10-21)7-9-14)17-22-15-4-2-3-5-16(15)24(17)18(19)20/h2-9,18H,11H2,1H3. The van der Waals surface area contributed by atoms with Crippen molar-refractivity contribution >= 4 is 16.7 Å². The Kier molecular flexibility index (Phi) is 4.70. The SMILES string of the molecule is CC(=NOCc1ccc(C#N)cc1)c1nc2ccccc2n1C(F)F. The number of hydrogen-bond donors (Lipinski definition) is 0. The van der Waals surface area contributed by atoms with E-state index >= 15 is 0 Å². The predicted octanol–water partition coefficient (Wildman–Crippen LogP) is 4.24. The summed E-state index contributed by atoms with van der Waals surface area (Å²) in [6.45, 7) is -0.998. The molecule has 0 fully saturated rings. The molecule has 0 amide bonds. The summed E-state index contributed by atoms with van der Waals surface area (Å²) in [5.74, 6) is 0.0658. The number of fused-ring (bicyclic) bond motifs is 1. The van der Waals surface area contributed by atoms with E-state index < -0.39 is 6.55 Å². The first kappa shape index (κ1) is 16.6. The molecule has 0 unspecified atom stereocenters. The van der Waals surface area contributed by atoms with E-state index in [-0.39, 0.29) is 18.1 Å². The van der Waals surface area contributed by atoms with Crippen molar-refractivity contribution in [1.82, 2.24) is 9.55 Å². The molecular formula is C18H14F2N4O. The van der Waals surface area contributed by atoms with Crippen LogP contribution in [0.2, 0.25) is 0 Å². The number of alkyl halides is 2. The third kappa shape index (κ3) is 3.48. The molecule has 3 aromatic rings. The number of imidazole rings is 1. The molecule has 0 aliphatic rings. The molecule has 1 heterocycles. The normalized spacial score (nSPS) is 11.7. The van der Waals surface area contributed by atoms with Crippen LogP contribution in [0.25, 0.3) is 11.0 Å². The molecule has 3 rings (SSSR count). The quantitative estimate of drug-likeness (QED) is 0.515. The number of oxime groups is 1. The number of hydrogen-bond acceptors (Lipinski definition) is 4. The molecule has 0 atom stereocenters. The van der Waals surface area contributed by atoms with Crippen LogP contribution in [0.1, 0.15) is 30.4 Å². The molecule has 1 aromatic heterocycles. The third-order valence-electron chi connectivity index (χ3n) is 3.63. The zero-order chi connectivity index (χ0) is 17.8. The molecule has 0 aliphatic heterocycles. The van der Waals surface area contributed by atoms with Gasteiger partial charge in [-0.15, -0.1) is 0 Å². The Morgan fingerprint density at radius 1 is 1.24 bits per heavy atom. The van der Waals surface area contributed by atoms with E-state index in [1.165, 1.54) is 0 Å². The molecule has 0 radical (unpaired) electrons. The minimum absolute atomic E-state index is 0.0658. The van der Waals surface area contributed by atoms with Crippen molar-refractivity contribution in [2.45, 2.75) is 20.1 Å². The molecule has 0 aliphatic carbocycles. The van der Waals surface area contributed by atoms with Crippen LogP contribution in [-0.4, -0.2) is 15.3 Å². The van der Waals surface area contributed by atoms with Crippen molar-refractivity contribution in [3.63, 3.8) is 0 Å². The summed E-state index contributed by atoms with van der Waals surface area (Å²) in [6, 6.07) is 15.5. The first-order chi connectivity index (χ1) is 12.1. The zero-order valence-corrected chi connectivity index (χ0v) is 13.4. The number of rotatable bonds is 5. The largest absolute Gasteiger partial charge is 0.391 e. The lowest BCUT2D eigenvalue weighted by molar-refractivity contribution is 0.0736. The van der Waals surface area contributed by atoms with Crippen LogP contribution in [0.5, 0.6) is 0 Å². The number of para-hydroxylation sites is 2. The van der Waals surface area contributed by atoms with Crippen molar-refractivity contribution in [3.05, 3.63) is 65.5 Å². The molecule has 0 bridgehead atoms. The lowest BCUT2D eigenvalue weighted by Crippen LogP contribution is -2.10. The third-order valence-corrected chi connectivity index (χ3v) is 3.63. The average molecular weight is 340 g/mol. The van der Waals surface area contributed by atoms with Gasteiger partial charge in [-0.1, -0.05) is 29.4 Å². The van der Waals surface area contributed by atoms with Gasteiger partial charge in [0.05, 0.1) is 22.7 Å². The molecular weight excluding hydrogens is 326 g/mol. The molecule has 25 heavy (non-hydrogen) atoms. The molecule has 0 saturated carbocycles. The Morgan fingerprint density at radius 3 is 2.64 bits per heavy atom. The van der Waals surface area contributed by atoms with E-state index in [0.29, 0.717) is 16.6 Å². The van der Waals surface area contributed by atoms with Crippen LogP contribution in [0, 0.1) is 11.3 Å². The van der Waals surface area contributed by atoms with Gasteiger partial charge in [-0.2, -0.15) is 14.0 Å². The highest BCUT2D eigenvalue weighted by Crippen LogP contribution is 2.23. The van der Waals surface area contributed by atoms with Crippen LogP contribution in [-0.2, 0) is 11.4 Å². The summed E-state index contributed by atoms with van der Waals surface area (Å²) in [5, 5.41) is 12.7. The molecule has 126 valence electrons. The second-order valence-corrected chi connectivity index (χ2v) is 5.33. The van der Waals surface area contributed by atoms with Crippen LogP contribution in [0.3, 0.4) is 0 Å². The Labute approximate surface area is 142 Å². The van der Waals surface area contributed by atoms with Gasteiger partial charge in [0, 0.05) is 0 Å². The summed E-state index contributed by atoms with van der Waals surface area (Å²) in [4.78, 5) is 9.47. The van der Waals surface area contributed by atoms with Crippen molar-refractivity contribution < 1.29 is 13.6 Å². The number of benzene rings is 2. The highest BCUT2D eigenvalue weighted by Gasteiger charge is 2.19. The fourth-order valence-corrected chi connectivity index (χ4v) is 2.42. The van der Waals surface area contributed by atoms with Gasteiger partial charge in [-0.3, -0.25) is 4.57 Å². The average Bonchev–Trinajstić information content (AvgIpc) is 3.02. The maximum absolute atomic E-state index is 13.4. The van der Waals surface area contributed by atoms with Gasteiger partial charge >= 0.3 is 6.55 Å². The minimum Gasteiger partial charge on any atom is -0.391 e. The van der Waals surface area contributed by atoms with Gasteiger partial charge < -0.3 is 4.84 Å². The number of halogens is 2. The van der Waals surface area contributed by atoms with Gasteiger partial charge in [0.2, 0.25) is 0 Å². The van der Waals surface area contributed by atoms with Gasteiger partial charge in [-0.05, 0) is 36.8 Å². The van der Waals surface area contributed by atoms with E-state index in [2.05, 4.69) is 10.1 Å². The summed E-state index contributed by atoms with van der Waals surface area (Å²) >= 11 is 0. The summed E-state index contributed by atoms with van der Waals surface area (Å²) in [5.41, 5.74) is 2.44. The van der Waals surface area contributed by atoms with Crippen molar-refractivity contribution in [2.75, 3.05) is 0 Å². The maximum atomic E-state index is 13.4. The van der Waals surface area contributed by atoms with Gasteiger partial charge in [-0.25, -0.2) is 4.98 Å². The number of nitrogens with zero attached hydrogens (tertiary/aromatic N) is 4. The number of aromatic nitrogens is 2. The van der Waals surface area contributed by atoms with E-state index in [9.17, 15) is 8.78 Å². The zero-order valence-electron chi connectivity index (χ0n) is 13.4. The maximum Gasteiger partial charge on any atom is 0.320 e. The lowest BCUT2D eigenvalue weighted by Gasteiger charge is -2.07. The first-order valence-electron chi connectivity index (χ1n) is 7.51. The molecule has 0 saturated heterocycles. The van der Waals surface area contributed by atoms with Crippen LogP contribution >= 0.6 is 0 Å². The molecule has 0 N–H and O–H groups in total. The van der Waals surface area contributed by atoms with Crippen LogP contribution in [0.4, 0.5) is 8.78 Å². The molecule has 7 heteroatoms. The Bertz CT molecular complexity index is 955. The van der Waals surface area contributed by atoms with E-state index in [0.717, 1.165) is 10.1 Å². The van der Waals surface area contributed by atoms with E-state index in [1.807, 2.05) is 6.07 Å². The Balaban J connectivity index is 1.81. The second-order valence-electron chi connectivity index (χ2n) is 5.33. The Morgan fingerprint density at radius 2 is 1.96 bits per heavy atom. The molecule has 2 aromatic carbocycles.